The normalized spacial score (nSPS) is 25.8. The van der Waals surface area contributed by atoms with Crippen LogP contribution in [0.5, 0.6) is 0 Å². The Morgan fingerprint density at radius 2 is 2.20 bits per heavy atom. The maximum Gasteiger partial charge on any atom is 0.0824 e. The molecule has 1 unspecified atom stereocenters. The molecule has 0 radical (unpaired) electrons. The lowest BCUT2D eigenvalue weighted by atomic mass is 9.94. The van der Waals surface area contributed by atoms with Gasteiger partial charge in [-0.3, -0.25) is 0 Å². The first-order chi connectivity index (χ1) is 7.09. The van der Waals surface area contributed by atoms with Crippen molar-refractivity contribution in [2.75, 3.05) is 13.1 Å². The Labute approximate surface area is 99.2 Å². The molecule has 1 aromatic carbocycles. The SMILES string of the molecule is OC1(Cc2ccc(Cl)cc2Cl)CCNC1. The Hall–Kier alpha value is -0.280. The van der Waals surface area contributed by atoms with Crippen molar-refractivity contribution in [1.82, 2.24) is 5.32 Å². The second kappa shape index (κ2) is 4.30. The van der Waals surface area contributed by atoms with E-state index in [1.54, 1.807) is 12.1 Å². The molecular formula is C11H13Cl2NO. The summed E-state index contributed by atoms with van der Waals surface area (Å²) in [5.41, 5.74) is 0.296. The molecule has 0 bridgehead atoms. The second-order valence-corrected chi connectivity index (χ2v) is 4.91. The molecule has 0 aromatic heterocycles. The number of nitrogens with one attached hydrogen (secondary N) is 1. The van der Waals surface area contributed by atoms with Gasteiger partial charge >= 0.3 is 0 Å². The molecule has 1 fully saturated rings. The van der Waals surface area contributed by atoms with Gasteiger partial charge in [0.2, 0.25) is 0 Å². The molecule has 0 saturated carbocycles. The maximum atomic E-state index is 10.2. The summed E-state index contributed by atoms with van der Waals surface area (Å²) >= 11 is 11.9. The molecule has 1 aliphatic rings. The zero-order valence-electron chi connectivity index (χ0n) is 8.26. The van der Waals surface area contributed by atoms with E-state index in [0.717, 1.165) is 18.5 Å². The van der Waals surface area contributed by atoms with E-state index in [9.17, 15) is 5.11 Å². The number of rotatable bonds is 2. The highest BCUT2D eigenvalue weighted by Gasteiger charge is 2.31. The topological polar surface area (TPSA) is 32.3 Å². The smallest absolute Gasteiger partial charge is 0.0824 e. The van der Waals surface area contributed by atoms with E-state index in [4.69, 9.17) is 23.2 Å². The van der Waals surface area contributed by atoms with Crippen molar-refractivity contribution < 1.29 is 5.11 Å². The molecule has 1 aromatic rings. The summed E-state index contributed by atoms with van der Waals surface area (Å²) < 4.78 is 0. The second-order valence-electron chi connectivity index (χ2n) is 4.06. The van der Waals surface area contributed by atoms with E-state index < -0.39 is 5.60 Å². The van der Waals surface area contributed by atoms with Crippen molar-refractivity contribution >= 4 is 23.2 Å². The maximum absolute atomic E-state index is 10.2. The summed E-state index contributed by atoms with van der Waals surface area (Å²) in [5, 5.41) is 14.6. The number of β-amino-alcohol motifs (C(OH)–C–C–N with tert-alkyl or cyclic N) is 1. The van der Waals surface area contributed by atoms with Gasteiger partial charge < -0.3 is 10.4 Å². The Morgan fingerprint density at radius 3 is 2.80 bits per heavy atom. The third-order valence-corrected chi connectivity index (χ3v) is 3.34. The van der Waals surface area contributed by atoms with Gasteiger partial charge in [0.25, 0.3) is 0 Å². The minimum atomic E-state index is -0.655. The number of benzene rings is 1. The van der Waals surface area contributed by atoms with Crippen LogP contribution in [0.2, 0.25) is 10.0 Å². The fourth-order valence-electron chi connectivity index (χ4n) is 1.90. The van der Waals surface area contributed by atoms with Gasteiger partial charge in [0.1, 0.15) is 0 Å². The van der Waals surface area contributed by atoms with Gasteiger partial charge in [-0.15, -0.1) is 0 Å². The van der Waals surface area contributed by atoms with E-state index in [1.807, 2.05) is 6.07 Å². The number of halogens is 2. The van der Waals surface area contributed by atoms with Crippen LogP contribution in [0.4, 0.5) is 0 Å². The van der Waals surface area contributed by atoms with E-state index >= 15 is 0 Å². The van der Waals surface area contributed by atoms with Crippen molar-refractivity contribution in [1.29, 1.82) is 0 Å². The van der Waals surface area contributed by atoms with Gasteiger partial charge in [0.05, 0.1) is 5.60 Å². The standard InChI is InChI=1S/C11H13Cl2NO/c12-9-2-1-8(10(13)5-9)6-11(15)3-4-14-7-11/h1-2,5,14-15H,3-4,6-7H2. The average Bonchev–Trinajstić information content (AvgIpc) is 2.58. The summed E-state index contributed by atoms with van der Waals surface area (Å²) in [6.45, 7) is 1.49. The van der Waals surface area contributed by atoms with Crippen LogP contribution in [-0.2, 0) is 6.42 Å². The van der Waals surface area contributed by atoms with Gasteiger partial charge in [-0.1, -0.05) is 29.3 Å². The molecule has 0 aliphatic carbocycles. The predicted molar refractivity (Wildman–Crippen MR) is 62.6 cm³/mol. The summed E-state index contributed by atoms with van der Waals surface area (Å²) in [5.74, 6) is 0. The highest BCUT2D eigenvalue weighted by atomic mass is 35.5. The lowest BCUT2D eigenvalue weighted by Gasteiger charge is -2.21. The molecule has 4 heteroatoms. The summed E-state index contributed by atoms with van der Waals surface area (Å²) in [4.78, 5) is 0. The molecule has 0 amide bonds. The molecule has 0 spiro atoms. The Bertz CT molecular complexity index is 362. The van der Waals surface area contributed by atoms with E-state index in [0.29, 0.717) is 23.0 Å². The highest BCUT2D eigenvalue weighted by Crippen LogP contribution is 2.27. The van der Waals surface area contributed by atoms with Crippen molar-refractivity contribution in [3.63, 3.8) is 0 Å². The molecule has 82 valence electrons. The van der Waals surface area contributed by atoms with E-state index in [2.05, 4.69) is 5.32 Å². The third kappa shape index (κ3) is 2.64. The molecule has 2 N–H and O–H groups in total. The van der Waals surface area contributed by atoms with Crippen LogP contribution >= 0.6 is 23.2 Å². The molecule has 1 saturated heterocycles. The van der Waals surface area contributed by atoms with Gasteiger partial charge in [-0.2, -0.15) is 0 Å². The molecule has 1 heterocycles. The van der Waals surface area contributed by atoms with Crippen LogP contribution in [-0.4, -0.2) is 23.8 Å². The average molecular weight is 246 g/mol. The molecule has 2 rings (SSSR count). The summed E-state index contributed by atoms with van der Waals surface area (Å²) in [6, 6.07) is 5.39. The molecule has 1 aliphatic heterocycles. The van der Waals surface area contributed by atoms with Crippen molar-refractivity contribution in [2.24, 2.45) is 0 Å². The minimum Gasteiger partial charge on any atom is -0.388 e. The van der Waals surface area contributed by atoms with Crippen LogP contribution in [0.15, 0.2) is 18.2 Å². The minimum absolute atomic E-state index is 0.579. The van der Waals surface area contributed by atoms with Crippen molar-refractivity contribution in [3.05, 3.63) is 33.8 Å². The van der Waals surface area contributed by atoms with Crippen LogP contribution in [0.3, 0.4) is 0 Å². The Kier molecular flexibility index (Phi) is 3.21. The number of hydrogen-bond donors (Lipinski definition) is 2. The van der Waals surface area contributed by atoms with Crippen LogP contribution in [0.25, 0.3) is 0 Å². The third-order valence-electron chi connectivity index (χ3n) is 2.76. The van der Waals surface area contributed by atoms with Gasteiger partial charge in [-0.25, -0.2) is 0 Å². The largest absolute Gasteiger partial charge is 0.388 e. The van der Waals surface area contributed by atoms with Gasteiger partial charge in [-0.05, 0) is 30.7 Å². The fourth-order valence-corrected chi connectivity index (χ4v) is 2.38. The molecule has 1 atom stereocenters. The van der Waals surface area contributed by atoms with Crippen molar-refractivity contribution in [2.45, 2.75) is 18.4 Å². The first-order valence-corrected chi connectivity index (χ1v) is 5.72. The monoisotopic (exact) mass is 245 g/mol. The predicted octanol–water partition coefficient (Wildman–Crippen LogP) is 2.26. The summed E-state index contributed by atoms with van der Waals surface area (Å²) in [7, 11) is 0. The number of aliphatic hydroxyl groups is 1. The first-order valence-electron chi connectivity index (χ1n) is 4.96. The molecule has 15 heavy (non-hydrogen) atoms. The lowest BCUT2D eigenvalue weighted by Crippen LogP contribution is -2.33. The van der Waals surface area contributed by atoms with Crippen LogP contribution in [0.1, 0.15) is 12.0 Å². The van der Waals surface area contributed by atoms with Gasteiger partial charge in [0, 0.05) is 23.0 Å². The number of hydrogen-bond acceptors (Lipinski definition) is 2. The van der Waals surface area contributed by atoms with Crippen LogP contribution < -0.4 is 5.32 Å². The zero-order valence-corrected chi connectivity index (χ0v) is 9.78. The Morgan fingerprint density at radius 1 is 1.40 bits per heavy atom. The lowest BCUT2D eigenvalue weighted by molar-refractivity contribution is 0.0619. The quantitative estimate of drug-likeness (QED) is 0.838. The van der Waals surface area contributed by atoms with Gasteiger partial charge in [0.15, 0.2) is 0 Å². The zero-order chi connectivity index (χ0) is 10.9. The van der Waals surface area contributed by atoms with E-state index in [-0.39, 0.29) is 0 Å². The highest BCUT2D eigenvalue weighted by molar-refractivity contribution is 6.35. The van der Waals surface area contributed by atoms with Crippen LogP contribution in [0, 0.1) is 0 Å². The van der Waals surface area contributed by atoms with E-state index in [1.165, 1.54) is 0 Å². The first kappa shape index (κ1) is 11.2. The van der Waals surface area contributed by atoms with Crippen molar-refractivity contribution in [3.8, 4) is 0 Å². The summed E-state index contributed by atoms with van der Waals surface area (Å²) in [6.07, 6.45) is 1.35. The Balaban J connectivity index is 2.16. The molecule has 2 nitrogen and oxygen atoms in total. The fraction of sp³-hybridized carbons (Fsp3) is 0.455. The molecular weight excluding hydrogens is 233 g/mol.